The van der Waals surface area contributed by atoms with Crippen LogP contribution in [0.4, 0.5) is 0 Å². The lowest BCUT2D eigenvalue weighted by atomic mass is 9.85. The van der Waals surface area contributed by atoms with Crippen LogP contribution in [0.2, 0.25) is 0 Å². The van der Waals surface area contributed by atoms with Crippen LogP contribution in [0, 0.1) is 11.8 Å². The predicted molar refractivity (Wildman–Crippen MR) is 130 cm³/mol. The number of carbonyl (C=O) groups is 4. The van der Waals surface area contributed by atoms with E-state index in [4.69, 9.17) is 4.74 Å². The van der Waals surface area contributed by atoms with Gasteiger partial charge in [0.1, 0.15) is 11.8 Å². The van der Waals surface area contributed by atoms with Crippen LogP contribution in [0.1, 0.15) is 57.4 Å². The zero-order chi connectivity index (χ0) is 24.9. The second-order valence-electron chi connectivity index (χ2n) is 9.77. The van der Waals surface area contributed by atoms with E-state index >= 15 is 0 Å². The molecule has 4 amide bonds. The van der Waals surface area contributed by atoms with Crippen molar-refractivity contribution >= 4 is 23.6 Å². The maximum atomic E-state index is 13.4. The highest BCUT2D eigenvalue weighted by Crippen LogP contribution is 2.35. The highest BCUT2D eigenvalue weighted by Gasteiger charge is 2.47. The van der Waals surface area contributed by atoms with E-state index in [-0.39, 0.29) is 61.0 Å². The first kappa shape index (κ1) is 24.9. The number of hydrogen-bond acceptors (Lipinski definition) is 5. The molecule has 1 unspecified atom stereocenters. The summed E-state index contributed by atoms with van der Waals surface area (Å²) in [6.45, 7) is 2.00. The van der Waals surface area contributed by atoms with Crippen molar-refractivity contribution in [1.82, 2.24) is 15.1 Å². The first-order valence-electron chi connectivity index (χ1n) is 12.6. The molecule has 0 radical (unpaired) electrons. The van der Waals surface area contributed by atoms with Crippen molar-refractivity contribution in [2.24, 2.45) is 11.8 Å². The van der Waals surface area contributed by atoms with Crippen molar-refractivity contribution in [2.75, 3.05) is 13.7 Å². The van der Waals surface area contributed by atoms with Gasteiger partial charge < -0.3 is 15.0 Å². The molecule has 2 fully saturated rings. The molecule has 3 aliphatic rings. The Kier molecular flexibility index (Phi) is 7.88. The fraction of sp³-hybridized carbons (Fsp3) is 0.556. The molecule has 188 valence electrons. The number of methoxy groups -OCH3 is 1. The van der Waals surface area contributed by atoms with Crippen molar-refractivity contribution in [1.29, 1.82) is 0 Å². The topological polar surface area (TPSA) is 96.0 Å². The number of benzene rings is 1. The summed E-state index contributed by atoms with van der Waals surface area (Å²) in [5, 5.41) is 3.08. The fourth-order valence-electron chi connectivity index (χ4n) is 5.38. The van der Waals surface area contributed by atoms with E-state index in [2.05, 4.69) is 5.32 Å². The third-order valence-electron chi connectivity index (χ3n) is 7.50. The molecule has 35 heavy (non-hydrogen) atoms. The summed E-state index contributed by atoms with van der Waals surface area (Å²) in [7, 11) is 1.58. The Morgan fingerprint density at radius 1 is 1.11 bits per heavy atom. The molecule has 1 aromatic rings. The summed E-state index contributed by atoms with van der Waals surface area (Å²) < 4.78 is 5.31. The second-order valence-corrected chi connectivity index (χ2v) is 9.77. The van der Waals surface area contributed by atoms with Crippen LogP contribution in [0.5, 0.6) is 5.75 Å². The van der Waals surface area contributed by atoms with Gasteiger partial charge in [-0.25, -0.2) is 0 Å². The van der Waals surface area contributed by atoms with Crippen LogP contribution in [-0.4, -0.2) is 59.2 Å². The quantitative estimate of drug-likeness (QED) is 0.432. The Labute approximate surface area is 206 Å². The molecule has 1 aliphatic heterocycles. The van der Waals surface area contributed by atoms with E-state index in [1.54, 1.807) is 18.9 Å². The van der Waals surface area contributed by atoms with Crippen molar-refractivity contribution in [3.8, 4) is 5.75 Å². The van der Waals surface area contributed by atoms with E-state index in [1.165, 1.54) is 4.90 Å². The van der Waals surface area contributed by atoms with Crippen LogP contribution in [0.15, 0.2) is 36.4 Å². The number of carbonyl (C=O) groups excluding carboxylic acids is 4. The van der Waals surface area contributed by atoms with E-state index in [0.29, 0.717) is 18.6 Å². The number of hydrogen-bond donors (Lipinski definition) is 1. The molecular formula is C27H35N3O5. The second kappa shape index (κ2) is 11.1. The van der Waals surface area contributed by atoms with Crippen LogP contribution in [0.25, 0.3) is 0 Å². The highest BCUT2D eigenvalue weighted by molar-refractivity contribution is 6.05. The largest absolute Gasteiger partial charge is 0.497 e. The maximum absolute atomic E-state index is 13.4. The molecule has 4 rings (SSSR count). The number of fused-ring (bicyclic) bond motifs is 1. The van der Waals surface area contributed by atoms with Gasteiger partial charge in [0, 0.05) is 25.6 Å². The Balaban J connectivity index is 1.46. The van der Waals surface area contributed by atoms with Gasteiger partial charge in [-0.15, -0.1) is 0 Å². The van der Waals surface area contributed by atoms with Crippen LogP contribution in [-0.2, 0) is 25.7 Å². The molecule has 3 atom stereocenters. The molecule has 1 saturated heterocycles. The van der Waals surface area contributed by atoms with Gasteiger partial charge in [0.25, 0.3) is 0 Å². The minimum atomic E-state index is -0.689. The summed E-state index contributed by atoms with van der Waals surface area (Å²) in [6.07, 6.45) is 9.12. The van der Waals surface area contributed by atoms with Gasteiger partial charge in [0.15, 0.2) is 0 Å². The molecule has 2 aliphatic carbocycles. The van der Waals surface area contributed by atoms with Gasteiger partial charge in [-0.2, -0.15) is 0 Å². The van der Waals surface area contributed by atoms with Gasteiger partial charge in [0.05, 0.1) is 18.9 Å². The number of nitrogens with zero attached hydrogens (tertiary/aromatic N) is 2. The lowest BCUT2D eigenvalue weighted by molar-refractivity contribution is -0.144. The van der Waals surface area contributed by atoms with Crippen molar-refractivity contribution in [3.63, 3.8) is 0 Å². The van der Waals surface area contributed by atoms with Gasteiger partial charge in [-0.1, -0.05) is 37.1 Å². The molecule has 8 heteroatoms. The predicted octanol–water partition coefficient (Wildman–Crippen LogP) is 2.81. The van der Waals surface area contributed by atoms with Crippen LogP contribution >= 0.6 is 0 Å². The molecule has 0 bridgehead atoms. The minimum absolute atomic E-state index is 0.0185. The third-order valence-corrected chi connectivity index (χ3v) is 7.50. The number of nitrogens with one attached hydrogen (secondary N) is 1. The van der Waals surface area contributed by atoms with Gasteiger partial charge in [-0.3, -0.25) is 24.1 Å². The summed E-state index contributed by atoms with van der Waals surface area (Å²) in [4.78, 5) is 54.8. The monoisotopic (exact) mass is 481 g/mol. The van der Waals surface area contributed by atoms with E-state index in [9.17, 15) is 19.2 Å². The van der Waals surface area contributed by atoms with E-state index in [1.807, 2.05) is 36.4 Å². The van der Waals surface area contributed by atoms with Crippen molar-refractivity contribution in [3.05, 3.63) is 42.0 Å². The molecule has 1 saturated carbocycles. The number of ether oxygens (including phenoxy) is 1. The molecule has 1 aromatic carbocycles. The first-order chi connectivity index (χ1) is 16.9. The molecule has 0 spiro atoms. The number of amides is 4. The smallest absolute Gasteiger partial charge is 0.242 e. The number of likely N-dealkylation sites (tertiary alicyclic amines) is 1. The number of imide groups is 1. The molecule has 0 aromatic heterocycles. The van der Waals surface area contributed by atoms with Crippen LogP contribution in [0.3, 0.4) is 0 Å². The maximum Gasteiger partial charge on any atom is 0.242 e. The zero-order valence-electron chi connectivity index (χ0n) is 20.6. The van der Waals surface area contributed by atoms with Gasteiger partial charge in [0.2, 0.25) is 23.6 Å². The molecule has 1 N–H and O–H groups in total. The average molecular weight is 482 g/mol. The van der Waals surface area contributed by atoms with Gasteiger partial charge >= 0.3 is 0 Å². The zero-order valence-corrected chi connectivity index (χ0v) is 20.6. The van der Waals surface area contributed by atoms with Gasteiger partial charge in [-0.05, 0) is 50.3 Å². The Morgan fingerprint density at radius 3 is 2.40 bits per heavy atom. The normalized spacial score (nSPS) is 22.7. The molecular weight excluding hydrogens is 446 g/mol. The molecule has 1 heterocycles. The molecule has 8 nitrogen and oxygen atoms in total. The summed E-state index contributed by atoms with van der Waals surface area (Å²) in [5.41, 5.74) is 0.837. The van der Waals surface area contributed by atoms with Crippen molar-refractivity contribution < 1.29 is 23.9 Å². The Hall–Kier alpha value is -3.16. The summed E-state index contributed by atoms with van der Waals surface area (Å²) >= 11 is 0. The summed E-state index contributed by atoms with van der Waals surface area (Å²) in [5.74, 6) is -0.790. The highest BCUT2D eigenvalue weighted by atomic mass is 16.5. The fourth-order valence-corrected chi connectivity index (χ4v) is 5.38. The number of allylic oxidation sites excluding steroid dienone is 2. The Morgan fingerprint density at radius 2 is 1.77 bits per heavy atom. The minimum Gasteiger partial charge on any atom is -0.497 e. The average Bonchev–Trinajstić information content (AvgIpc) is 3.47. The van der Waals surface area contributed by atoms with E-state index in [0.717, 1.165) is 31.2 Å². The lowest BCUT2D eigenvalue weighted by Gasteiger charge is -2.30. The first-order valence-corrected chi connectivity index (χ1v) is 12.6. The Bertz CT molecular complexity index is 974. The SMILES string of the molecule is COc1cccc(CN(C(=O)CCN2C(=O)[C@H]3CC=CC[C@H]3C2=O)C(C)C(=O)NC2CCCC2)c1. The van der Waals surface area contributed by atoms with Crippen molar-refractivity contribution in [2.45, 2.75) is 70.5 Å². The standard InChI is InChI=1S/C27H35N3O5/c1-18(25(32)28-20-9-3-4-10-20)30(17-19-8-7-11-21(16-19)35-2)24(31)14-15-29-26(33)22-12-5-6-13-23(22)27(29)34/h5-8,11,16,18,20,22-23H,3-4,9-10,12-15,17H2,1-2H3,(H,28,32)/t18?,22-,23+. The third kappa shape index (κ3) is 5.57. The van der Waals surface area contributed by atoms with E-state index < -0.39 is 6.04 Å². The summed E-state index contributed by atoms with van der Waals surface area (Å²) in [6, 6.07) is 6.85. The number of rotatable bonds is 9. The lowest BCUT2D eigenvalue weighted by Crippen LogP contribution is -2.50. The van der Waals surface area contributed by atoms with Crippen LogP contribution < -0.4 is 10.1 Å².